The lowest BCUT2D eigenvalue weighted by atomic mass is 9.98. The third-order valence-corrected chi connectivity index (χ3v) is 3.85. The summed E-state index contributed by atoms with van der Waals surface area (Å²) in [5, 5.41) is 3.22. The van der Waals surface area contributed by atoms with Gasteiger partial charge in [0.15, 0.2) is 0 Å². The summed E-state index contributed by atoms with van der Waals surface area (Å²) in [6.07, 6.45) is 2.42. The molecule has 1 amide bonds. The number of pyridine rings is 2. The van der Waals surface area contributed by atoms with Crippen molar-refractivity contribution >= 4 is 30.9 Å². The lowest BCUT2D eigenvalue weighted by molar-refractivity contribution is 0.0597. The molecule has 2 radical (unpaired) electrons. The van der Waals surface area contributed by atoms with Crippen molar-refractivity contribution in [1.82, 2.24) is 14.9 Å². The minimum absolute atomic E-state index is 0.0696. The highest BCUT2D eigenvalue weighted by molar-refractivity contribution is 6.32. The Morgan fingerprint density at radius 1 is 1.34 bits per heavy atom. The minimum Gasteiger partial charge on any atom is -0.443 e. The van der Waals surface area contributed by atoms with Gasteiger partial charge in [-0.25, -0.2) is 14.7 Å². The molecule has 2 aromatic rings. The Bertz CT molecular complexity index is 891. The van der Waals surface area contributed by atoms with E-state index in [2.05, 4.69) is 10.3 Å². The Morgan fingerprint density at radius 2 is 2.07 bits per heavy atom. The maximum Gasteiger partial charge on any atom is 0.420 e. The molecule has 0 unspecified atom stereocenters. The molecule has 29 heavy (non-hydrogen) atoms. The molecule has 0 fully saturated rings. The van der Waals surface area contributed by atoms with E-state index >= 15 is 0 Å². The summed E-state index contributed by atoms with van der Waals surface area (Å²) in [5.74, 6) is 0.266. The molecule has 0 aliphatic carbocycles. The van der Waals surface area contributed by atoms with Crippen molar-refractivity contribution in [2.24, 2.45) is 7.05 Å². The van der Waals surface area contributed by atoms with Crippen LogP contribution in [0.25, 0.3) is 0 Å². The molecule has 0 aliphatic rings. The molecule has 2 aromatic heterocycles. The molecule has 9 heteroatoms. The van der Waals surface area contributed by atoms with Gasteiger partial charge in [0.05, 0.1) is 6.61 Å². The first kappa shape index (κ1) is 22.6. The van der Waals surface area contributed by atoms with Gasteiger partial charge in [0.1, 0.15) is 25.0 Å². The molecule has 0 saturated carbocycles. The normalized spacial score (nSPS) is 11.3. The van der Waals surface area contributed by atoms with E-state index in [1.54, 1.807) is 47.2 Å². The van der Waals surface area contributed by atoms with Crippen LogP contribution in [0, 0.1) is 0 Å². The van der Waals surface area contributed by atoms with Crippen molar-refractivity contribution in [2.45, 2.75) is 32.9 Å². The zero-order chi connectivity index (χ0) is 21.6. The number of amides is 1. The van der Waals surface area contributed by atoms with E-state index in [4.69, 9.17) is 17.3 Å². The fraction of sp³-hybridized carbons (Fsp3) is 0.450. The highest BCUT2D eigenvalue weighted by Crippen LogP contribution is 2.23. The maximum absolute atomic E-state index is 12.9. The van der Waals surface area contributed by atoms with Gasteiger partial charge in [0, 0.05) is 33.4 Å². The van der Waals surface area contributed by atoms with Gasteiger partial charge in [0.25, 0.3) is 5.56 Å². The topological polar surface area (TPSA) is 85.7 Å². The number of carbonyl (C=O) groups excluding carboxylic acids is 1. The molecule has 0 saturated heterocycles. The van der Waals surface area contributed by atoms with Gasteiger partial charge >= 0.3 is 6.09 Å². The first-order chi connectivity index (χ1) is 13.6. The molecule has 0 aliphatic heterocycles. The van der Waals surface area contributed by atoms with Crippen LogP contribution in [0.1, 0.15) is 26.3 Å². The summed E-state index contributed by atoms with van der Waals surface area (Å²) < 4.78 is 11.8. The van der Waals surface area contributed by atoms with Gasteiger partial charge in [-0.2, -0.15) is 0 Å². The second-order valence-corrected chi connectivity index (χ2v) is 7.58. The number of aromatic nitrogens is 2. The number of nitrogens with zero attached hydrogens (tertiary/aromatic N) is 3. The van der Waals surface area contributed by atoms with Crippen LogP contribution in [0.4, 0.5) is 16.3 Å². The van der Waals surface area contributed by atoms with Crippen LogP contribution in [0.5, 0.6) is 0 Å². The van der Waals surface area contributed by atoms with Crippen molar-refractivity contribution in [2.75, 3.05) is 25.2 Å². The Balaban J connectivity index is 2.38. The SMILES string of the molecule is [B]c1cc(N(C(=O)OC(C)(C)C)c2ccc(CNCCOC)cn2)c(=O)n(C)c1. The largest absolute Gasteiger partial charge is 0.443 e. The average Bonchev–Trinajstić information content (AvgIpc) is 2.62. The first-order valence-electron chi connectivity index (χ1n) is 9.26. The number of nitrogens with one attached hydrogen (secondary N) is 1. The lowest BCUT2D eigenvalue weighted by Gasteiger charge is -2.27. The Labute approximate surface area is 172 Å². The van der Waals surface area contributed by atoms with Crippen molar-refractivity contribution in [3.8, 4) is 0 Å². The van der Waals surface area contributed by atoms with E-state index in [1.807, 2.05) is 6.07 Å². The second kappa shape index (κ2) is 9.71. The average molecular weight is 398 g/mol. The third-order valence-electron chi connectivity index (χ3n) is 3.85. The molecule has 0 spiro atoms. The molecule has 2 rings (SSSR count). The smallest absolute Gasteiger partial charge is 0.420 e. The monoisotopic (exact) mass is 398 g/mol. The van der Waals surface area contributed by atoms with Crippen LogP contribution in [0.3, 0.4) is 0 Å². The van der Waals surface area contributed by atoms with Gasteiger partial charge in [0.2, 0.25) is 0 Å². The van der Waals surface area contributed by atoms with Crippen LogP contribution in [-0.4, -0.2) is 49.4 Å². The van der Waals surface area contributed by atoms with Gasteiger partial charge in [-0.1, -0.05) is 11.5 Å². The summed E-state index contributed by atoms with van der Waals surface area (Å²) in [6, 6.07) is 4.93. The van der Waals surface area contributed by atoms with Crippen molar-refractivity contribution in [1.29, 1.82) is 0 Å². The van der Waals surface area contributed by atoms with Gasteiger partial charge in [-0.05, 0) is 44.7 Å². The molecular formula is C20H27BN4O4. The summed E-state index contributed by atoms with van der Waals surface area (Å²) >= 11 is 0. The maximum atomic E-state index is 12.9. The van der Waals surface area contributed by atoms with Gasteiger partial charge in [-0.15, -0.1) is 0 Å². The van der Waals surface area contributed by atoms with Crippen molar-refractivity contribution in [3.63, 3.8) is 0 Å². The zero-order valence-electron chi connectivity index (χ0n) is 17.6. The summed E-state index contributed by atoms with van der Waals surface area (Å²) in [6.45, 7) is 7.18. The number of aryl methyl sites for hydroxylation is 1. The fourth-order valence-corrected chi connectivity index (χ4v) is 2.56. The van der Waals surface area contributed by atoms with Crippen LogP contribution >= 0.6 is 0 Å². The summed E-state index contributed by atoms with van der Waals surface area (Å²) in [4.78, 5) is 31.1. The van der Waals surface area contributed by atoms with E-state index in [0.29, 0.717) is 25.2 Å². The molecule has 8 nitrogen and oxygen atoms in total. The van der Waals surface area contributed by atoms with E-state index in [9.17, 15) is 9.59 Å². The standard InChI is InChI=1S/C20H27BN4O4/c1-20(2,3)29-19(27)25(16-10-15(21)13-24(4)18(16)26)17-7-6-14(12-23-17)11-22-8-9-28-5/h6-7,10,12-13,22H,8-9,11H2,1-5H3. The third kappa shape index (κ3) is 6.44. The molecular weight excluding hydrogens is 371 g/mol. The fourth-order valence-electron chi connectivity index (χ4n) is 2.56. The molecule has 0 atom stereocenters. The quantitative estimate of drug-likeness (QED) is 0.561. The predicted octanol–water partition coefficient (Wildman–Crippen LogP) is 1.38. The highest BCUT2D eigenvalue weighted by Gasteiger charge is 2.28. The summed E-state index contributed by atoms with van der Waals surface area (Å²) in [5.41, 5.74) is 0.202. The minimum atomic E-state index is -0.744. The van der Waals surface area contributed by atoms with E-state index < -0.39 is 17.3 Å². The Morgan fingerprint density at radius 3 is 2.66 bits per heavy atom. The van der Waals surface area contributed by atoms with Gasteiger partial charge in [-0.3, -0.25) is 4.79 Å². The highest BCUT2D eigenvalue weighted by atomic mass is 16.6. The number of rotatable bonds is 7. The van der Waals surface area contributed by atoms with E-state index in [1.165, 1.54) is 16.8 Å². The van der Waals surface area contributed by atoms with Crippen LogP contribution in [0.15, 0.2) is 35.4 Å². The Kier molecular flexibility index (Phi) is 7.58. The number of anilines is 2. The van der Waals surface area contributed by atoms with E-state index in [-0.39, 0.29) is 11.5 Å². The van der Waals surface area contributed by atoms with Crippen molar-refractivity contribution in [3.05, 3.63) is 46.5 Å². The first-order valence-corrected chi connectivity index (χ1v) is 9.26. The second-order valence-electron chi connectivity index (χ2n) is 7.58. The van der Waals surface area contributed by atoms with E-state index in [0.717, 1.165) is 10.5 Å². The van der Waals surface area contributed by atoms with Crippen LogP contribution in [-0.2, 0) is 23.1 Å². The number of hydrogen-bond acceptors (Lipinski definition) is 6. The summed E-state index contributed by atoms with van der Waals surface area (Å²) in [7, 11) is 9.11. The number of hydrogen-bond donors (Lipinski definition) is 1. The number of methoxy groups -OCH3 is 1. The number of ether oxygens (including phenoxy) is 2. The Hall–Kier alpha value is -2.65. The van der Waals surface area contributed by atoms with Gasteiger partial charge < -0.3 is 19.4 Å². The number of carbonyl (C=O) groups is 1. The van der Waals surface area contributed by atoms with Crippen LogP contribution in [0.2, 0.25) is 0 Å². The molecule has 0 bridgehead atoms. The molecule has 154 valence electrons. The predicted molar refractivity (Wildman–Crippen MR) is 113 cm³/mol. The zero-order valence-corrected chi connectivity index (χ0v) is 17.6. The molecule has 2 heterocycles. The molecule has 1 N–H and O–H groups in total. The lowest BCUT2D eigenvalue weighted by Crippen LogP contribution is -2.39. The molecule has 0 aromatic carbocycles. The van der Waals surface area contributed by atoms with Crippen molar-refractivity contribution < 1.29 is 14.3 Å². The van der Waals surface area contributed by atoms with Crippen LogP contribution < -0.4 is 21.2 Å².